The van der Waals surface area contributed by atoms with Gasteiger partial charge >= 0.3 is 0 Å². The molecule has 3 aromatic rings. The Hall–Kier alpha value is -2.63. The summed E-state index contributed by atoms with van der Waals surface area (Å²) in [6, 6.07) is 16.1. The van der Waals surface area contributed by atoms with Crippen LogP contribution in [0, 0.1) is 13.8 Å². The predicted octanol–water partition coefficient (Wildman–Crippen LogP) is 4.06. The molecular weight excluding hydrogens is 396 g/mol. The predicted molar refractivity (Wildman–Crippen MR) is 124 cm³/mol. The van der Waals surface area contributed by atoms with Gasteiger partial charge in [0.15, 0.2) is 0 Å². The Morgan fingerprint density at radius 1 is 1.07 bits per heavy atom. The Kier molecular flexibility index (Phi) is 6.21. The number of hydrogen-bond acceptors (Lipinski definition) is 4. The SMILES string of the molecule is Cc1cccc(N2CCN(CCNC(=O)c3cc4cc(Cl)ccc4nc3C)CC2)c1. The van der Waals surface area contributed by atoms with E-state index in [0.29, 0.717) is 17.1 Å². The van der Waals surface area contributed by atoms with E-state index >= 15 is 0 Å². The van der Waals surface area contributed by atoms with E-state index < -0.39 is 0 Å². The van der Waals surface area contributed by atoms with E-state index in [0.717, 1.165) is 49.3 Å². The number of nitrogens with one attached hydrogen (secondary N) is 1. The van der Waals surface area contributed by atoms with Crippen molar-refractivity contribution in [2.24, 2.45) is 0 Å². The molecule has 1 aliphatic heterocycles. The normalized spacial score (nSPS) is 14.8. The number of halogens is 1. The molecule has 2 heterocycles. The average Bonchev–Trinajstić information content (AvgIpc) is 2.74. The van der Waals surface area contributed by atoms with E-state index in [1.54, 1.807) is 0 Å². The molecule has 1 aliphatic rings. The van der Waals surface area contributed by atoms with E-state index in [4.69, 9.17) is 11.6 Å². The second kappa shape index (κ2) is 9.02. The van der Waals surface area contributed by atoms with Gasteiger partial charge in [0.05, 0.1) is 16.8 Å². The zero-order valence-electron chi connectivity index (χ0n) is 17.5. The molecule has 30 heavy (non-hydrogen) atoms. The number of anilines is 1. The monoisotopic (exact) mass is 422 g/mol. The van der Waals surface area contributed by atoms with Gasteiger partial charge in [-0.2, -0.15) is 0 Å². The van der Waals surface area contributed by atoms with Crippen molar-refractivity contribution < 1.29 is 4.79 Å². The Bertz CT molecular complexity index is 1060. The Morgan fingerprint density at radius 3 is 2.63 bits per heavy atom. The highest BCUT2D eigenvalue weighted by molar-refractivity contribution is 6.31. The van der Waals surface area contributed by atoms with Gasteiger partial charge in [-0.15, -0.1) is 0 Å². The van der Waals surface area contributed by atoms with Gasteiger partial charge in [0.2, 0.25) is 0 Å². The van der Waals surface area contributed by atoms with E-state index in [-0.39, 0.29) is 5.91 Å². The fourth-order valence-corrected chi connectivity index (χ4v) is 4.13. The largest absolute Gasteiger partial charge is 0.369 e. The number of amides is 1. The Morgan fingerprint density at radius 2 is 1.87 bits per heavy atom. The summed E-state index contributed by atoms with van der Waals surface area (Å²) in [5, 5.41) is 4.57. The molecule has 1 aromatic heterocycles. The maximum Gasteiger partial charge on any atom is 0.253 e. The number of benzene rings is 2. The number of pyridine rings is 1. The highest BCUT2D eigenvalue weighted by Crippen LogP contribution is 2.21. The molecule has 0 saturated carbocycles. The van der Waals surface area contributed by atoms with Crippen molar-refractivity contribution in [3.63, 3.8) is 0 Å². The second-order valence-corrected chi connectivity index (χ2v) is 8.32. The number of nitrogens with zero attached hydrogens (tertiary/aromatic N) is 3. The molecule has 1 N–H and O–H groups in total. The molecule has 5 nitrogen and oxygen atoms in total. The molecular formula is C24H27ClN4O. The van der Waals surface area contributed by atoms with E-state index in [9.17, 15) is 4.79 Å². The number of aromatic nitrogens is 1. The minimum Gasteiger partial charge on any atom is -0.369 e. The van der Waals surface area contributed by atoms with Crippen molar-refractivity contribution in [2.45, 2.75) is 13.8 Å². The molecule has 4 rings (SSSR count). The van der Waals surface area contributed by atoms with Gasteiger partial charge in [0, 0.05) is 55.4 Å². The summed E-state index contributed by atoms with van der Waals surface area (Å²) in [5.74, 6) is -0.0831. The van der Waals surface area contributed by atoms with Crippen LogP contribution in [-0.4, -0.2) is 55.1 Å². The maximum absolute atomic E-state index is 12.7. The molecule has 1 saturated heterocycles. The van der Waals surface area contributed by atoms with Crippen LogP contribution >= 0.6 is 11.6 Å². The van der Waals surface area contributed by atoms with Crippen molar-refractivity contribution in [3.05, 3.63) is 70.4 Å². The van der Waals surface area contributed by atoms with Crippen molar-refractivity contribution in [1.82, 2.24) is 15.2 Å². The maximum atomic E-state index is 12.7. The molecule has 1 fully saturated rings. The summed E-state index contributed by atoms with van der Waals surface area (Å²) in [7, 11) is 0. The molecule has 1 amide bonds. The summed E-state index contributed by atoms with van der Waals surface area (Å²) in [5.41, 5.74) is 4.77. The van der Waals surface area contributed by atoms with Gasteiger partial charge in [-0.05, 0) is 55.8 Å². The lowest BCUT2D eigenvalue weighted by atomic mass is 10.1. The summed E-state index contributed by atoms with van der Waals surface area (Å²) >= 11 is 6.08. The van der Waals surface area contributed by atoms with Crippen LogP contribution in [0.2, 0.25) is 5.02 Å². The van der Waals surface area contributed by atoms with Gasteiger partial charge in [-0.25, -0.2) is 0 Å². The molecule has 156 valence electrons. The highest BCUT2D eigenvalue weighted by Gasteiger charge is 2.18. The topological polar surface area (TPSA) is 48.5 Å². The van der Waals surface area contributed by atoms with E-state index in [1.165, 1.54) is 11.3 Å². The van der Waals surface area contributed by atoms with Gasteiger partial charge in [0.25, 0.3) is 5.91 Å². The Labute approximate surface area is 182 Å². The standard InChI is InChI=1S/C24H27ClN4O/c1-17-4-3-5-21(14-17)29-12-10-28(11-13-29)9-8-26-24(30)22-16-19-15-20(25)6-7-23(19)27-18(22)2/h3-7,14-16H,8-13H2,1-2H3,(H,26,30). The van der Waals surface area contributed by atoms with E-state index in [2.05, 4.69) is 51.3 Å². The Balaban J connectivity index is 1.29. The van der Waals surface area contributed by atoms with Gasteiger partial charge in [0.1, 0.15) is 0 Å². The minimum atomic E-state index is -0.0831. The average molecular weight is 423 g/mol. The first-order chi connectivity index (χ1) is 14.5. The number of aryl methyl sites for hydroxylation is 2. The van der Waals surface area contributed by atoms with Crippen LogP contribution in [0.25, 0.3) is 10.9 Å². The fourth-order valence-electron chi connectivity index (χ4n) is 3.95. The zero-order valence-corrected chi connectivity index (χ0v) is 18.2. The van der Waals surface area contributed by atoms with Gasteiger partial charge in [-0.3, -0.25) is 14.7 Å². The number of carbonyl (C=O) groups is 1. The summed E-state index contributed by atoms with van der Waals surface area (Å²) < 4.78 is 0. The molecule has 2 aromatic carbocycles. The first-order valence-electron chi connectivity index (χ1n) is 10.4. The van der Waals surface area contributed by atoms with Crippen molar-refractivity contribution >= 4 is 34.1 Å². The van der Waals surface area contributed by atoms with Crippen molar-refractivity contribution in [1.29, 1.82) is 0 Å². The number of hydrogen-bond donors (Lipinski definition) is 1. The van der Waals surface area contributed by atoms with Crippen LogP contribution in [0.1, 0.15) is 21.6 Å². The van der Waals surface area contributed by atoms with E-state index in [1.807, 2.05) is 31.2 Å². The summed E-state index contributed by atoms with van der Waals surface area (Å²) in [4.78, 5) is 22.1. The van der Waals surface area contributed by atoms with Crippen LogP contribution in [0.5, 0.6) is 0 Å². The molecule has 6 heteroatoms. The third-order valence-corrected chi connectivity index (χ3v) is 5.90. The second-order valence-electron chi connectivity index (χ2n) is 7.88. The third kappa shape index (κ3) is 4.74. The first-order valence-corrected chi connectivity index (χ1v) is 10.8. The third-order valence-electron chi connectivity index (χ3n) is 5.66. The molecule has 0 bridgehead atoms. The van der Waals surface area contributed by atoms with Gasteiger partial charge in [-0.1, -0.05) is 23.7 Å². The summed E-state index contributed by atoms with van der Waals surface area (Å²) in [6.07, 6.45) is 0. The highest BCUT2D eigenvalue weighted by atomic mass is 35.5. The molecule has 0 aliphatic carbocycles. The molecule has 0 radical (unpaired) electrons. The van der Waals surface area contributed by atoms with Crippen molar-refractivity contribution in [2.75, 3.05) is 44.2 Å². The lowest BCUT2D eigenvalue weighted by Gasteiger charge is -2.36. The lowest BCUT2D eigenvalue weighted by molar-refractivity contribution is 0.0947. The first kappa shape index (κ1) is 20.6. The molecule has 0 atom stereocenters. The number of carbonyl (C=O) groups excluding carboxylic acids is 1. The van der Waals surface area contributed by atoms with Crippen LogP contribution < -0.4 is 10.2 Å². The number of fused-ring (bicyclic) bond motifs is 1. The van der Waals surface area contributed by atoms with Crippen LogP contribution in [0.3, 0.4) is 0 Å². The van der Waals surface area contributed by atoms with Crippen LogP contribution in [0.4, 0.5) is 5.69 Å². The number of rotatable bonds is 5. The quantitative estimate of drug-likeness (QED) is 0.673. The minimum absolute atomic E-state index is 0.0831. The summed E-state index contributed by atoms with van der Waals surface area (Å²) in [6.45, 7) is 9.47. The van der Waals surface area contributed by atoms with Crippen LogP contribution in [-0.2, 0) is 0 Å². The smallest absolute Gasteiger partial charge is 0.253 e. The number of piperazine rings is 1. The molecule has 0 unspecified atom stereocenters. The fraction of sp³-hybridized carbons (Fsp3) is 0.333. The van der Waals surface area contributed by atoms with Crippen molar-refractivity contribution in [3.8, 4) is 0 Å². The van der Waals surface area contributed by atoms with Crippen LogP contribution in [0.15, 0.2) is 48.5 Å². The molecule has 0 spiro atoms. The van der Waals surface area contributed by atoms with Gasteiger partial charge < -0.3 is 10.2 Å². The zero-order chi connectivity index (χ0) is 21.1. The lowest BCUT2D eigenvalue weighted by Crippen LogP contribution is -2.48.